The Morgan fingerprint density at radius 3 is 2.45 bits per heavy atom. The van der Waals surface area contributed by atoms with E-state index in [2.05, 4.69) is 16.9 Å². The third kappa shape index (κ3) is 4.52. The highest BCUT2D eigenvalue weighted by Crippen LogP contribution is 2.15. The van der Waals surface area contributed by atoms with Crippen LogP contribution in [0.4, 0.5) is 4.39 Å². The predicted molar refractivity (Wildman–Crippen MR) is 87.3 cm³/mol. The highest BCUT2D eigenvalue weighted by molar-refractivity contribution is 5.54. The Morgan fingerprint density at radius 1 is 1.05 bits per heavy atom. The molecule has 0 fully saturated rings. The van der Waals surface area contributed by atoms with Crippen LogP contribution in [0.5, 0.6) is 0 Å². The van der Waals surface area contributed by atoms with Gasteiger partial charge in [0.15, 0.2) is 0 Å². The Bertz CT molecular complexity index is 637. The number of unbranched alkanes of at least 4 members (excludes halogenated alkanes) is 5. The molecular weight excluding hydrogens is 279 g/mol. The minimum absolute atomic E-state index is 0.276. The maximum atomic E-state index is 13.9. The zero-order chi connectivity index (χ0) is 15.8. The normalized spacial score (nSPS) is 10.8. The summed E-state index contributed by atoms with van der Waals surface area (Å²) in [6.45, 7) is 2.18. The van der Waals surface area contributed by atoms with Gasteiger partial charge in [-0.15, -0.1) is 0 Å². The van der Waals surface area contributed by atoms with Crippen LogP contribution in [-0.2, 0) is 6.42 Å². The molecule has 0 amide bonds. The van der Waals surface area contributed by atoms with Crippen molar-refractivity contribution in [1.29, 1.82) is 0 Å². The van der Waals surface area contributed by atoms with Crippen molar-refractivity contribution >= 4 is 0 Å². The van der Waals surface area contributed by atoms with Gasteiger partial charge in [-0.25, -0.2) is 4.98 Å². The van der Waals surface area contributed by atoms with Crippen LogP contribution < -0.4 is 5.56 Å². The van der Waals surface area contributed by atoms with Crippen molar-refractivity contribution in [3.05, 3.63) is 52.2 Å². The number of rotatable bonds is 8. The smallest absolute Gasteiger partial charge is 0.287 e. The number of aryl methyl sites for hydroxylation is 1. The van der Waals surface area contributed by atoms with Crippen LogP contribution in [0.2, 0.25) is 0 Å². The van der Waals surface area contributed by atoms with Crippen molar-refractivity contribution in [3.63, 3.8) is 0 Å². The van der Waals surface area contributed by atoms with Crippen LogP contribution in [-0.4, -0.2) is 9.97 Å². The second-order valence-corrected chi connectivity index (χ2v) is 5.56. The van der Waals surface area contributed by atoms with Gasteiger partial charge in [0.25, 0.3) is 5.56 Å². The lowest BCUT2D eigenvalue weighted by atomic mass is 10.1. The summed E-state index contributed by atoms with van der Waals surface area (Å²) in [5.41, 5.74) is 0.386. The lowest BCUT2D eigenvalue weighted by molar-refractivity contribution is 0.558. The lowest BCUT2D eigenvalue weighted by Gasteiger charge is -2.06. The maximum absolute atomic E-state index is 13.9. The van der Waals surface area contributed by atoms with Gasteiger partial charge in [-0.2, -0.15) is 4.39 Å². The molecule has 1 N–H and O–H groups in total. The maximum Gasteiger partial charge on any atom is 0.287 e. The minimum Gasteiger partial charge on any atom is -0.304 e. The molecule has 22 heavy (non-hydrogen) atoms. The zero-order valence-electron chi connectivity index (χ0n) is 13.1. The summed E-state index contributed by atoms with van der Waals surface area (Å²) >= 11 is 0. The molecule has 0 atom stereocenters. The second-order valence-electron chi connectivity index (χ2n) is 5.56. The van der Waals surface area contributed by atoms with E-state index in [9.17, 15) is 9.18 Å². The highest BCUT2D eigenvalue weighted by Gasteiger charge is 2.11. The molecule has 2 rings (SSSR count). The fourth-order valence-corrected chi connectivity index (χ4v) is 2.48. The minimum atomic E-state index is -0.742. The van der Waals surface area contributed by atoms with Crippen LogP contribution in [0.1, 0.15) is 51.1 Å². The molecule has 0 saturated carbocycles. The number of halogens is 1. The van der Waals surface area contributed by atoms with Gasteiger partial charge in [-0.05, 0) is 12.8 Å². The van der Waals surface area contributed by atoms with E-state index in [1.165, 1.54) is 19.3 Å². The number of hydrogen-bond donors (Lipinski definition) is 1. The molecule has 0 spiro atoms. The van der Waals surface area contributed by atoms with Crippen molar-refractivity contribution in [3.8, 4) is 11.4 Å². The third-order valence-corrected chi connectivity index (χ3v) is 3.75. The second kappa shape index (κ2) is 8.47. The van der Waals surface area contributed by atoms with Crippen LogP contribution in [0, 0.1) is 5.82 Å². The van der Waals surface area contributed by atoms with Gasteiger partial charge >= 0.3 is 0 Å². The number of aromatic amines is 1. The average molecular weight is 302 g/mol. The van der Waals surface area contributed by atoms with Gasteiger partial charge in [0, 0.05) is 5.56 Å². The molecule has 3 nitrogen and oxygen atoms in total. The quantitative estimate of drug-likeness (QED) is 0.731. The van der Waals surface area contributed by atoms with Gasteiger partial charge < -0.3 is 4.98 Å². The van der Waals surface area contributed by atoms with Crippen molar-refractivity contribution in [1.82, 2.24) is 9.97 Å². The first-order valence-electron chi connectivity index (χ1n) is 8.06. The van der Waals surface area contributed by atoms with Crippen molar-refractivity contribution in [2.24, 2.45) is 0 Å². The van der Waals surface area contributed by atoms with Crippen molar-refractivity contribution < 1.29 is 4.39 Å². The van der Waals surface area contributed by atoms with Crippen LogP contribution in [0.3, 0.4) is 0 Å². The Kier molecular flexibility index (Phi) is 6.31. The molecule has 4 heteroatoms. The molecule has 2 aromatic rings. The summed E-state index contributed by atoms with van der Waals surface area (Å²) in [4.78, 5) is 18.6. The number of hydrogen-bond acceptors (Lipinski definition) is 2. The van der Waals surface area contributed by atoms with E-state index in [-0.39, 0.29) is 5.69 Å². The predicted octanol–water partition coefficient (Wildman–Crippen LogP) is 4.48. The molecule has 1 aromatic carbocycles. The molecular formula is C18H23FN2O. The Balaban J connectivity index is 2.04. The third-order valence-electron chi connectivity index (χ3n) is 3.75. The largest absolute Gasteiger partial charge is 0.304 e. The number of nitrogens with zero attached hydrogens (tertiary/aromatic N) is 1. The fraction of sp³-hybridized carbons (Fsp3) is 0.444. The molecule has 1 heterocycles. The number of aromatic nitrogens is 2. The van der Waals surface area contributed by atoms with Crippen LogP contribution in [0.25, 0.3) is 11.4 Å². The first-order valence-corrected chi connectivity index (χ1v) is 8.06. The topological polar surface area (TPSA) is 45.8 Å². The van der Waals surface area contributed by atoms with E-state index in [1.54, 1.807) is 0 Å². The summed E-state index contributed by atoms with van der Waals surface area (Å²) in [6.07, 6.45) is 7.27. The molecule has 0 bridgehead atoms. The van der Waals surface area contributed by atoms with Crippen LogP contribution >= 0.6 is 0 Å². The summed E-state index contributed by atoms with van der Waals surface area (Å²) in [5.74, 6) is -0.304. The monoisotopic (exact) mass is 302 g/mol. The SMILES string of the molecule is CCCCCCCCc1nc(-c2ccccc2)[nH]c(=O)c1F. The Labute approximate surface area is 130 Å². The average Bonchev–Trinajstić information content (AvgIpc) is 2.55. The first-order chi connectivity index (χ1) is 10.7. The first kappa shape index (κ1) is 16.4. The Morgan fingerprint density at radius 2 is 1.73 bits per heavy atom. The van der Waals surface area contributed by atoms with Gasteiger partial charge in [-0.3, -0.25) is 4.79 Å². The summed E-state index contributed by atoms with van der Waals surface area (Å²) < 4.78 is 13.9. The zero-order valence-corrected chi connectivity index (χ0v) is 13.1. The van der Waals surface area contributed by atoms with Crippen molar-refractivity contribution in [2.75, 3.05) is 0 Å². The van der Waals surface area contributed by atoms with E-state index in [0.717, 1.165) is 24.8 Å². The highest BCUT2D eigenvalue weighted by atomic mass is 19.1. The fourth-order valence-electron chi connectivity index (χ4n) is 2.48. The summed E-state index contributed by atoms with van der Waals surface area (Å²) in [6, 6.07) is 9.33. The molecule has 1 aromatic heterocycles. The molecule has 0 radical (unpaired) electrons. The molecule has 0 saturated heterocycles. The van der Waals surface area contributed by atoms with E-state index < -0.39 is 11.4 Å². The van der Waals surface area contributed by atoms with E-state index in [4.69, 9.17) is 0 Å². The van der Waals surface area contributed by atoms with Crippen LogP contribution in [0.15, 0.2) is 35.1 Å². The summed E-state index contributed by atoms with van der Waals surface area (Å²) in [7, 11) is 0. The van der Waals surface area contributed by atoms with E-state index >= 15 is 0 Å². The standard InChI is InChI=1S/C18H23FN2O/c1-2-3-4-5-6-10-13-15-16(19)18(22)21-17(20-15)14-11-8-7-9-12-14/h7-9,11-12H,2-6,10,13H2,1H3,(H,20,21,22). The number of nitrogens with one attached hydrogen (secondary N) is 1. The summed E-state index contributed by atoms with van der Waals surface area (Å²) in [5, 5.41) is 0. The van der Waals surface area contributed by atoms with Gasteiger partial charge in [-0.1, -0.05) is 69.4 Å². The number of H-pyrrole nitrogens is 1. The molecule has 118 valence electrons. The molecule has 0 aliphatic carbocycles. The molecule has 0 unspecified atom stereocenters. The Hall–Kier alpha value is -1.97. The van der Waals surface area contributed by atoms with E-state index in [0.29, 0.717) is 12.2 Å². The van der Waals surface area contributed by atoms with Gasteiger partial charge in [0.05, 0.1) is 5.69 Å². The molecule has 0 aliphatic heterocycles. The molecule has 0 aliphatic rings. The van der Waals surface area contributed by atoms with Gasteiger partial charge in [0.1, 0.15) is 5.82 Å². The van der Waals surface area contributed by atoms with Gasteiger partial charge in [0.2, 0.25) is 5.82 Å². The van der Waals surface area contributed by atoms with E-state index in [1.807, 2.05) is 30.3 Å². The number of benzene rings is 1. The van der Waals surface area contributed by atoms with Crippen molar-refractivity contribution in [2.45, 2.75) is 51.9 Å². The lowest BCUT2D eigenvalue weighted by Crippen LogP contribution is -2.17.